The maximum absolute atomic E-state index is 12.5. The van der Waals surface area contributed by atoms with Gasteiger partial charge in [-0.3, -0.25) is 9.20 Å². The monoisotopic (exact) mass is 441 g/mol. The number of aromatic nitrogens is 4. The van der Waals surface area contributed by atoms with Crippen LogP contribution in [0.25, 0.3) is 15.9 Å². The van der Waals surface area contributed by atoms with Crippen LogP contribution in [0.1, 0.15) is 74.1 Å². The van der Waals surface area contributed by atoms with Crippen LogP contribution in [-0.2, 0) is 17.6 Å². The van der Waals surface area contributed by atoms with E-state index < -0.39 is 0 Å². The van der Waals surface area contributed by atoms with Crippen LogP contribution in [0.15, 0.2) is 5.16 Å². The number of hydrogen-bond donors (Lipinski definition) is 1. The molecule has 0 aliphatic heterocycles. The summed E-state index contributed by atoms with van der Waals surface area (Å²) in [5.41, 5.74) is 2.39. The Morgan fingerprint density at radius 2 is 2.03 bits per heavy atom. The number of nitrogens with zero attached hydrogens (tertiary/aromatic N) is 4. The van der Waals surface area contributed by atoms with Crippen LogP contribution in [0, 0.1) is 5.92 Å². The Morgan fingerprint density at radius 1 is 1.20 bits per heavy atom. The van der Waals surface area contributed by atoms with Gasteiger partial charge in [0.2, 0.25) is 5.91 Å². The summed E-state index contributed by atoms with van der Waals surface area (Å²) >= 11 is 3.36. The standard InChI is InChI=1S/C22H27N5OS2/c1-12-6-9-15-16(10-12)30-21-18(15)20-25-26-22(27(20)19(24-21)13-7-8-13)29-11-17(28)23-14-4-2-3-5-14/h12-14H,2-11H2,1H3,(H,23,28). The largest absolute Gasteiger partial charge is 0.353 e. The van der Waals surface area contributed by atoms with Gasteiger partial charge in [0.15, 0.2) is 10.8 Å². The highest BCUT2D eigenvalue weighted by atomic mass is 32.2. The lowest BCUT2D eigenvalue weighted by Crippen LogP contribution is -2.33. The third kappa shape index (κ3) is 3.32. The van der Waals surface area contributed by atoms with Crippen molar-refractivity contribution in [3.8, 4) is 0 Å². The Bertz CT molecular complexity index is 1130. The van der Waals surface area contributed by atoms with Crippen molar-refractivity contribution in [2.75, 3.05) is 5.75 Å². The molecule has 0 radical (unpaired) electrons. The molecule has 3 aromatic heterocycles. The maximum Gasteiger partial charge on any atom is 0.230 e. The highest BCUT2D eigenvalue weighted by Crippen LogP contribution is 2.44. The SMILES string of the molecule is CC1CCc2c(sc3nc(C4CC4)n4c(SCC(=O)NC5CCCC5)nnc4c23)C1. The van der Waals surface area contributed by atoms with Crippen LogP contribution in [0.3, 0.4) is 0 Å². The number of carbonyl (C=O) groups is 1. The third-order valence-corrected chi connectivity index (χ3v) is 8.87. The van der Waals surface area contributed by atoms with Crippen LogP contribution in [0.2, 0.25) is 0 Å². The van der Waals surface area contributed by atoms with Crippen LogP contribution in [0.4, 0.5) is 0 Å². The zero-order valence-corrected chi connectivity index (χ0v) is 18.9. The summed E-state index contributed by atoms with van der Waals surface area (Å²) < 4.78 is 2.17. The number of rotatable bonds is 5. The summed E-state index contributed by atoms with van der Waals surface area (Å²) in [6.45, 7) is 2.34. The average Bonchev–Trinajstić information content (AvgIpc) is 3.12. The van der Waals surface area contributed by atoms with Gasteiger partial charge in [-0.25, -0.2) is 4.98 Å². The van der Waals surface area contributed by atoms with Crippen molar-refractivity contribution in [1.82, 2.24) is 24.9 Å². The number of hydrogen-bond acceptors (Lipinski definition) is 6. The molecule has 0 saturated heterocycles. The molecule has 0 aromatic carbocycles. The molecule has 30 heavy (non-hydrogen) atoms. The number of thioether (sulfide) groups is 1. The molecule has 0 spiro atoms. The van der Waals surface area contributed by atoms with Crippen molar-refractivity contribution in [3.05, 3.63) is 16.3 Å². The Morgan fingerprint density at radius 3 is 2.83 bits per heavy atom. The molecular formula is C22H27N5OS2. The van der Waals surface area contributed by atoms with E-state index in [0.29, 0.717) is 17.7 Å². The fraction of sp³-hybridized carbons (Fsp3) is 0.636. The van der Waals surface area contributed by atoms with E-state index in [1.54, 1.807) is 0 Å². The molecule has 1 unspecified atom stereocenters. The summed E-state index contributed by atoms with van der Waals surface area (Å²) in [4.78, 5) is 20.2. The second-order valence-electron chi connectivity index (χ2n) is 9.26. The van der Waals surface area contributed by atoms with E-state index in [4.69, 9.17) is 4.98 Å². The number of amides is 1. The average molecular weight is 442 g/mol. The summed E-state index contributed by atoms with van der Waals surface area (Å²) in [7, 11) is 0. The topological polar surface area (TPSA) is 72.2 Å². The first-order valence-electron chi connectivity index (χ1n) is 11.3. The molecule has 3 aliphatic carbocycles. The van der Waals surface area contributed by atoms with Crippen molar-refractivity contribution in [3.63, 3.8) is 0 Å². The van der Waals surface area contributed by atoms with Gasteiger partial charge in [-0.1, -0.05) is 31.5 Å². The number of fused-ring (bicyclic) bond motifs is 5. The quantitative estimate of drug-likeness (QED) is 0.591. The Balaban J connectivity index is 1.36. The number of nitrogens with one attached hydrogen (secondary N) is 1. The highest BCUT2D eigenvalue weighted by Gasteiger charge is 2.32. The van der Waals surface area contributed by atoms with Crippen molar-refractivity contribution < 1.29 is 4.79 Å². The van der Waals surface area contributed by atoms with E-state index in [2.05, 4.69) is 26.8 Å². The first-order valence-corrected chi connectivity index (χ1v) is 13.1. The van der Waals surface area contributed by atoms with Gasteiger partial charge in [0.05, 0.1) is 11.1 Å². The van der Waals surface area contributed by atoms with Crippen molar-refractivity contribution in [2.45, 2.75) is 81.8 Å². The zero-order valence-electron chi connectivity index (χ0n) is 17.3. The lowest BCUT2D eigenvalue weighted by Gasteiger charge is -2.17. The summed E-state index contributed by atoms with van der Waals surface area (Å²) in [6, 6.07) is 0.358. The third-order valence-electron chi connectivity index (χ3n) is 6.79. The molecule has 158 valence electrons. The molecule has 8 heteroatoms. The molecule has 2 fully saturated rings. The van der Waals surface area contributed by atoms with Gasteiger partial charge in [-0.05, 0) is 56.4 Å². The lowest BCUT2D eigenvalue weighted by molar-refractivity contribution is -0.119. The predicted molar refractivity (Wildman–Crippen MR) is 120 cm³/mol. The minimum atomic E-state index is 0.104. The first-order chi connectivity index (χ1) is 14.7. The fourth-order valence-electron chi connectivity index (χ4n) is 5.02. The molecule has 1 atom stereocenters. The Hall–Kier alpha value is -1.67. The van der Waals surface area contributed by atoms with E-state index in [1.165, 1.54) is 59.7 Å². The molecule has 0 bridgehead atoms. The van der Waals surface area contributed by atoms with Gasteiger partial charge in [-0.2, -0.15) is 0 Å². The van der Waals surface area contributed by atoms with Crippen LogP contribution in [-0.4, -0.2) is 37.3 Å². The van der Waals surface area contributed by atoms with E-state index >= 15 is 0 Å². The van der Waals surface area contributed by atoms with E-state index in [-0.39, 0.29) is 5.91 Å². The zero-order chi connectivity index (χ0) is 20.2. The molecule has 6 rings (SSSR count). The van der Waals surface area contributed by atoms with Crippen LogP contribution < -0.4 is 5.32 Å². The summed E-state index contributed by atoms with van der Waals surface area (Å²) in [5, 5.41) is 14.3. The fourth-order valence-corrected chi connectivity index (χ4v) is 7.15. The molecule has 1 N–H and O–H groups in total. The Kier molecular flexibility index (Phi) is 4.75. The van der Waals surface area contributed by atoms with Crippen LogP contribution >= 0.6 is 23.1 Å². The second-order valence-corrected chi connectivity index (χ2v) is 11.3. The van der Waals surface area contributed by atoms with E-state index in [1.807, 2.05) is 11.3 Å². The number of aryl methyl sites for hydroxylation is 1. The maximum atomic E-state index is 12.5. The normalized spacial score (nSPS) is 22.1. The van der Waals surface area contributed by atoms with Gasteiger partial charge >= 0.3 is 0 Å². The van der Waals surface area contributed by atoms with Crippen molar-refractivity contribution >= 4 is 44.9 Å². The molecule has 2 saturated carbocycles. The molecule has 3 aromatic rings. The summed E-state index contributed by atoms with van der Waals surface area (Å²) in [5.74, 6) is 2.82. The number of carbonyl (C=O) groups excluding carboxylic acids is 1. The molecule has 1 amide bonds. The van der Waals surface area contributed by atoms with Gasteiger partial charge in [0.25, 0.3) is 0 Å². The molecular weight excluding hydrogens is 414 g/mol. The smallest absolute Gasteiger partial charge is 0.230 e. The molecule has 3 aliphatic rings. The molecule has 3 heterocycles. The highest BCUT2D eigenvalue weighted by molar-refractivity contribution is 7.99. The van der Waals surface area contributed by atoms with Crippen molar-refractivity contribution in [1.29, 1.82) is 0 Å². The van der Waals surface area contributed by atoms with E-state index in [9.17, 15) is 4.79 Å². The lowest BCUT2D eigenvalue weighted by atomic mass is 9.89. The Labute approximate surface area is 184 Å². The number of thiophene rings is 1. The minimum absolute atomic E-state index is 0.104. The van der Waals surface area contributed by atoms with Gasteiger partial charge in [0.1, 0.15) is 10.7 Å². The minimum Gasteiger partial charge on any atom is -0.353 e. The van der Waals surface area contributed by atoms with E-state index in [0.717, 1.165) is 53.1 Å². The van der Waals surface area contributed by atoms with Gasteiger partial charge < -0.3 is 5.32 Å². The molecule has 6 nitrogen and oxygen atoms in total. The van der Waals surface area contributed by atoms with Crippen molar-refractivity contribution in [2.24, 2.45) is 5.92 Å². The summed E-state index contributed by atoms with van der Waals surface area (Å²) in [6.07, 6.45) is 10.5. The van der Waals surface area contributed by atoms with Crippen LogP contribution in [0.5, 0.6) is 0 Å². The van der Waals surface area contributed by atoms with Gasteiger partial charge in [-0.15, -0.1) is 21.5 Å². The second kappa shape index (κ2) is 7.48. The predicted octanol–water partition coefficient (Wildman–Crippen LogP) is 4.49. The van der Waals surface area contributed by atoms with Gasteiger partial charge in [0, 0.05) is 16.8 Å². The first kappa shape index (κ1) is 19.0.